The van der Waals surface area contributed by atoms with E-state index in [1.54, 1.807) is 20.0 Å². The minimum Gasteiger partial charge on any atom is -0.504 e. The minimum atomic E-state index is -0.732. The molecule has 0 aliphatic rings. The van der Waals surface area contributed by atoms with Crippen LogP contribution in [-0.4, -0.2) is 46.8 Å². The average Bonchev–Trinajstić information content (AvgIpc) is 3.13. The number of amides is 1. The molecular weight excluding hydrogens is 362 g/mol. The van der Waals surface area contributed by atoms with Gasteiger partial charge in [0.1, 0.15) is 17.1 Å². The number of aliphatic imine (C=N–C) groups is 1. The summed E-state index contributed by atoms with van der Waals surface area (Å²) >= 11 is 0. The Kier molecular flexibility index (Phi) is 4.82. The van der Waals surface area contributed by atoms with E-state index < -0.39 is 5.91 Å². The molecule has 0 aromatic carbocycles. The second-order valence-corrected chi connectivity index (χ2v) is 6.28. The summed E-state index contributed by atoms with van der Waals surface area (Å²) < 4.78 is 2.99. The number of nitrogens with two attached hydrogens (primary N) is 2. The molecule has 1 amide bonds. The Labute approximate surface area is 160 Å². The average molecular weight is 383 g/mol. The number of rotatable bonds is 5. The van der Waals surface area contributed by atoms with Gasteiger partial charge in [-0.1, -0.05) is 6.92 Å². The molecule has 11 nitrogen and oxygen atoms in total. The highest BCUT2D eigenvalue weighted by atomic mass is 16.3. The Bertz CT molecular complexity index is 1120. The maximum Gasteiger partial charge on any atom is 0.285 e. The van der Waals surface area contributed by atoms with Crippen molar-refractivity contribution < 1.29 is 9.90 Å². The fraction of sp³-hybridized carbons (Fsp3) is 0.294. The van der Waals surface area contributed by atoms with Crippen molar-refractivity contribution in [3.8, 4) is 5.75 Å². The van der Waals surface area contributed by atoms with E-state index in [4.69, 9.17) is 16.9 Å². The Hall–Kier alpha value is -3.76. The summed E-state index contributed by atoms with van der Waals surface area (Å²) in [5.41, 5.74) is 13.3. The Morgan fingerprint density at radius 3 is 2.71 bits per heavy atom. The lowest BCUT2D eigenvalue weighted by atomic mass is 10.3. The number of aryl methyl sites for hydroxylation is 3. The van der Waals surface area contributed by atoms with E-state index in [9.17, 15) is 9.90 Å². The zero-order valence-electron chi connectivity index (χ0n) is 15.8. The number of fused-ring (bicyclic) bond motifs is 1. The minimum absolute atomic E-state index is 0.0186. The first-order chi connectivity index (χ1) is 13.2. The van der Waals surface area contributed by atoms with Gasteiger partial charge in [-0.25, -0.2) is 9.98 Å². The standard InChI is InChI=1S/C17H21N9O2/c1-4-5-26-12(13(27)9(3)24-26)15(19)23-14(18)11-10-6-21-8(2)7-25(10)17(22-11)16(20)28/h6-7,27H,4-5H2,1-3H3,(H2,20,28)(H3,18,19,23). The third kappa shape index (κ3) is 3.17. The van der Waals surface area contributed by atoms with Crippen LogP contribution in [0.4, 0.5) is 0 Å². The van der Waals surface area contributed by atoms with Crippen molar-refractivity contribution in [2.75, 3.05) is 0 Å². The van der Waals surface area contributed by atoms with Gasteiger partial charge in [-0.2, -0.15) is 5.10 Å². The van der Waals surface area contributed by atoms with E-state index in [-0.39, 0.29) is 34.6 Å². The molecular formula is C17H21N9O2. The van der Waals surface area contributed by atoms with Crippen molar-refractivity contribution in [3.05, 3.63) is 41.0 Å². The van der Waals surface area contributed by atoms with Gasteiger partial charge >= 0.3 is 0 Å². The normalized spacial score (nSPS) is 11.9. The summed E-state index contributed by atoms with van der Waals surface area (Å²) in [7, 11) is 0. The van der Waals surface area contributed by atoms with Gasteiger partial charge in [0.15, 0.2) is 17.4 Å². The maximum absolute atomic E-state index is 11.7. The molecule has 11 heteroatoms. The molecule has 28 heavy (non-hydrogen) atoms. The van der Waals surface area contributed by atoms with Crippen molar-refractivity contribution in [1.29, 1.82) is 5.41 Å². The summed E-state index contributed by atoms with van der Waals surface area (Å²) in [5, 5.41) is 22.8. The number of imidazole rings is 1. The van der Waals surface area contributed by atoms with Crippen LogP contribution in [0.2, 0.25) is 0 Å². The van der Waals surface area contributed by atoms with Gasteiger partial charge in [0.05, 0.1) is 17.4 Å². The maximum atomic E-state index is 11.7. The Balaban J connectivity index is 2.10. The molecule has 146 valence electrons. The number of aromatic hydroxyl groups is 1. The molecule has 0 aliphatic heterocycles. The molecule has 0 saturated heterocycles. The first-order valence-corrected chi connectivity index (χ1v) is 8.58. The Morgan fingerprint density at radius 1 is 1.36 bits per heavy atom. The number of primary amides is 1. The molecule has 0 fully saturated rings. The van der Waals surface area contributed by atoms with Gasteiger partial charge < -0.3 is 16.6 Å². The zero-order chi connectivity index (χ0) is 20.6. The zero-order valence-corrected chi connectivity index (χ0v) is 15.8. The second kappa shape index (κ2) is 7.10. The third-order valence-corrected chi connectivity index (χ3v) is 4.11. The van der Waals surface area contributed by atoms with E-state index in [1.807, 2.05) is 6.92 Å². The van der Waals surface area contributed by atoms with Crippen LogP contribution < -0.4 is 11.5 Å². The molecule has 3 rings (SSSR count). The molecule has 3 aromatic heterocycles. The lowest BCUT2D eigenvalue weighted by molar-refractivity contribution is 0.0990. The van der Waals surface area contributed by atoms with Gasteiger partial charge in [-0.05, 0) is 20.3 Å². The van der Waals surface area contributed by atoms with Crippen LogP contribution in [0.15, 0.2) is 17.4 Å². The highest BCUT2D eigenvalue weighted by Crippen LogP contribution is 2.23. The number of hydrogen-bond acceptors (Lipinski definition) is 6. The molecule has 0 aliphatic carbocycles. The fourth-order valence-electron chi connectivity index (χ4n) is 2.85. The van der Waals surface area contributed by atoms with Crippen LogP contribution in [0.3, 0.4) is 0 Å². The highest BCUT2D eigenvalue weighted by molar-refractivity contribution is 6.12. The number of amidine groups is 2. The van der Waals surface area contributed by atoms with E-state index in [0.717, 1.165) is 6.42 Å². The summed E-state index contributed by atoms with van der Waals surface area (Å²) in [6.07, 6.45) is 3.87. The molecule has 3 heterocycles. The monoisotopic (exact) mass is 383 g/mol. The fourth-order valence-corrected chi connectivity index (χ4v) is 2.85. The van der Waals surface area contributed by atoms with Crippen LogP contribution in [0.25, 0.3) is 5.52 Å². The molecule has 0 saturated carbocycles. The van der Waals surface area contributed by atoms with E-state index in [1.165, 1.54) is 15.3 Å². The second-order valence-electron chi connectivity index (χ2n) is 6.28. The first kappa shape index (κ1) is 19.0. The molecule has 0 atom stereocenters. The molecule has 6 N–H and O–H groups in total. The summed E-state index contributed by atoms with van der Waals surface area (Å²) in [6.45, 7) is 5.87. The highest BCUT2D eigenvalue weighted by Gasteiger charge is 2.21. The number of aromatic nitrogens is 5. The summed E-state index contributed by atoms with van der Waals surface area (Å²) in [6, 6.07) is 0. The quantitative estimate of drug-likeness (QED) is 0.368. The van der Waals surface area contributed by atoms with E-state index in [0.29, 0.717) is 23.4 Å². The summed E-state index contributed by atoms with van der Waals surface area (Å²) in [4.78, 5) is 24.2. The first-order valence-electron chi connectivity index (χ1n) is 8.58. The van der Waals surface area contributed by atoms with Crippen LogP contribution in [-0.2, 0) is 6.54 Å². The molecule has 3 aromatic rings. The SMILES string of the molecule is CCCn1nc(C)c(O)c1C(=N)/N=C(\N)c1nc(C(N)=O)n2cc(C)ncc12. The smallest absolute Gasteiger partial charge is 0.285 e. The van der Waals surface area contributed by atoms with Crippen LogP contribution in [0.1, 0.15) is 46.7 Å². The van der Waals surface area contributed by atoms with E-state index >= 15 is 0 Å². The number of nitrogens with one attached hydrogen (secondary N) is 1. The predicted octanol–water partition coefficient (Wildman–Crippen LogP) is 0.488. The Morgan fingerprint density at radius 2 is 2.07 bits per heavy atom. The topological polar surface area (TPSA) is 174 Å². The number of carbonyl (C=O) groups excluding carboxylic acids is 1. The van der Waals surface area contributed by atoms with Gasteiger partial charge in [0.25, 0.3) is 5.91 Å². The number of carbonyl (C=O) groups is 1. The van der Waals surface area contributed by atoms with Gasteiger partial charge in [-0.3, -0.25) is 24.3 Å². The van der Waals surface area contributed by atoms with Crippen molar-refractivity contribution in [2.45, 2.75) is 33.7 Å². The van der Waals surface area contributed by atoms with Crippen molar-refractivity contribution in [2.24, 2.45) is 16.5 Å². The van der Waals surface area contributed by atoms with Gasteiger partial charge in [0.2, 0.25) is 5.82 Å². The van der Waals surface area contributed by atoms with Gasteiger partial charge in [0, 0.05) is 12.7 Å². The summed E-state index contributed by atoms with van der Waals surface area (Å²) in [5.74, 6) is -1.26. The van der Waals surface area contributed by atoms with Crippen molar-refractivity contribution in [1.82, 2.24) is 24.1 Å². The molecule has 0 unspecified atom stereocenters. The van der Waals surface area contributed by atoms with Crippen molar-refractivity contribution in [3.63, 3.8) is 0 Å². The lowest BCUT2D eigenvalue weighted by Crippen LogP contribution is -2.19. The van der Waals surface area contributed by atoms with Crippen LogP contribution >= 0.6 is 0 Å². The lowest BCUT2D eigenvalue weighted by Gasteiger charge is -2.05. The largest absolute Gasteiger partial charge is 0.504 e. The van der Waals surface area contributed by atoms with Crippen LogP contribution in [0.5, 0.6) is 5.75 Å². The van der Waals surface area contributed by atoms with E-state index in [2.05, 4.69) is 20.1 Å². The predicted molar refractivity (Wildman–Crippen MR) is 103 cm³/mol. The molecule has 0 bridgehead atoms. The van der Waals surface area contributed by atoms with Crippen molar-refractivity contribution >= 4 is 23.1 Å². The molecule has 0 spiro atoms. The third-order valence-electron chi connectivity index (χ3n) is 4.11. The van der Waals surface area contributed by atoms with Crippen LogP contribution in [0, 0.1) is 19.3 Å². The van der Waals surface area contributed by atoms with Gasteiger partial charge in [-0.15, -0.1) is 0 Å². The number of hydrogen-bond donors (Lipinski definition) is 4. The number of nitrogens with zero attached hydrogens (tertiary/aromatic N) is 6. The molecule has 0 radical (unpaired) electrons.